The van der Waals surface area contributed by atoms with Crippen LogP contribution in [0.2, 0.25) is 0 Å². The van der Waals surface area contributed by atoms with Crippen molar-refractivity contribution in [3.8, 4) is 5.75 Å². The summed E-state index contributed by atoms with van der Waals surface area (Å²) < 4.78 is 5.42. The summed E-state index contributed by atoms with van der Waals surface area (Å²) in [6.45, 7) is 0.785. The minimum Gasteiger partial charge on any atom is -0.496 e. The van der Waals surface area contributed by atoms with Crippen LogP contribution in [0.4, 0.5) is 0 Å². The molecule has 24 heavy (non-hydrogen) atoms. The molecule has 2 aliphatic rings. The molecule has 0 bridgehead atoms. The molecule has 0 aromatic heterocycles. The fourth-order valence-electron chi connectivity index (χ4n) is 4.13. The Balaban J connectivity index is 1.67. The Morgan fingerprint density at radius 3 is 2.67 bits per heavy atom. The van der Waals surface area contributed by atoms with Crippen LogP contribution in [0.3, 0.4) is 0 Å². The molecule has 5 nitrogen and oxygen atoms in total. The van der Waals surface area contributed by atoms with E-state index in [1.165, 1.54) is 0 Å². The fraction of sp³-hybridized carbons (Fsp3) is 0.579. The molecule has 1 aliphatic heterocycles. The van der Waals surface area contributed by atoms with Gasteiger partial charge in [-0.05, 0) is 50.2 Å². The lowest BCUT2D eigenvalue weighted by Gasteiger charge is -2.28. The van der Waals surface area contributed by atoms with Crippen molar-refractivity contribution in [2.45, 2.75) is 44.6 Å². The molecule has 0 spiro atoms. The number of carboxylic acids is 1. The number of carbonyl (C=O) groups is 2. The van der Waals surface area contributed by atoms with E-state index in [1.54, 1.807) is 7.11 Å². The van der Waals surface area contributed by atoms with Gasteiger partial charge in [-0.1, -0.05) is 18.2 Å². The van der Waals surface area contributed by atoms with E-state index in [4.69, 9.17) is 9.84 Å². The number of likely N-dealkylation sites (tertiary alicyclic amines) is 1. The van der Waals surface area contributed by atoms with Crippen LogP contribution >= 0.6 is 0 Å². The number of benzene rings is 1. The molecule has 1 saturated carbocycles. The lowest BCUT2D eigenvalue weighted by Crippen LogP contribution is -2.40. The van der Waals surface area contributed by atoms with Gasteiger partial charge in [0.1, 0.15) is 5.75 Å². The number of carboxylic acid groups (broad SMARTS) is 1. The zero-order valence-corrected chi connectivity index (χ0v) is 14.1. The Bertz CT molecular complexity index is 615. The summed E-state index contributed by atoms with van der Waals surface area (Å²) in [5.41, 5.74) is 1.12. The highest BCUT2D eigenvalue weighted by atomic mass is 16.5. The maximum absolute atomic E-state index is 12.9. The van der Waals surface area contributed by atoms with E-state index in [9.17, 15) is 9.59 Å². The second kappa shape index (κ2) is 7.24. The molecule has 130 valence electrons. The van der Waals surface area contributed by atoms with Crippen LogP contribution in [-0.2, 0) is 16.0 Å². The summed E-state index contributed by atoms with van der Waals surface area (Å²) in [4.78, 5) is 26.0. The van der Waals surface area contributed by atoms with E-state index >= 15 is 0 Å². The summed E-state index contributed by atoms with van der Waals surface area (Å²) in [5.74, 6) is -0.226. The monoisotopic (exact) mass is 331 g/mol. The first-order chi connectivity index (χ1) is 11.6. The molecule has 1 aromatic rings. The summed E-state index contributed by atoms with van der Waals surface area (Å²) in [6.07, 6.45) is 4.63. The van der Waals surface area contributed by atoms with Gasteiger partial charge < -0.3 is 14.7 Å². The van der Waals surface area contributed by atoms with Gasteiger partial charge in [0.15, 0.2) is 0 Å². The van der Waals surface area contributed by atoms with Gasteiger partial charge in [-0.15, -0.1) is 0 Å². The van der Waals surface area contributed by atoms with Crippen LogP contribution in [0.5, 0.6) is 5.75 Å². The molecule has 1 aliphatic carbocycles. The summed E-state index contributed by atoms with van der Waals surface area (Å²) >= 11 is 0. The Kier molecular flexibility index (Phi) is 5.07. The molecule has 1 unspecified atom stereocenters. The van der Waals surface area contributed by atoms with Gasteiger partial charge >= 0.3 is 5.97 Å². The van der Waals surface area contributed by atoms with Crippen LogP contribution in [0, 0.1) is 11.8 Å². The topological polar surface area (TPSA) is 66.8 Å². The largest absolute Gasteiger partial charge is 0.496 e. The van der Waals surface area contributed by atoms with E-state index < -0.39 is 5.97 Å². The van der Waals surface area contributed by atoms with Crippen LogP contribution in [0.15, 0.2) is 24.3 Å². The highest BCUT2D eigenvalue weighted by Gasteiger charge is 2.39. The third kappa shape index (κ3) is 3.40. The summed E-state index contributed by atoms with van der Waals surface area (Å²) in [7, 11) is 1.67. The van der Waals surface area contributed by atoms with Crippen molar-refractivity contribution in [2.75, 3.05) is 13.7 Å². The minimum atomic E-state index is -0.766. The molecule has 1 amide bonds. The second-order valence-electron chi connectivity index (χ2n) is 6.89. The molecule has 3 atom stereocenters. The number of hydrogen-bond acceptors (Lipinski definition) is 3. The maximum Gasteiger partial charge on any atom is 0.306 e. The van der Waals surface area contributed by atoms with E-state index in [-0.39, 0.29) is 23.8 Å². The van der Waals surface area contributed by atoms with E-state index in [1.807, 2.05) is 23.1 Å². The average molecular weight is 331 g/mol. The summed E-state index contributed by atoms with van der Waals surface area (Å²) in [5, 5.41) is 9.14. The highest BCUT2D eigenvalue weighted by molar-refractivity contribution is 5.81. The van der Waals surface area contributed by atoms with Gasteiger partial charge in [0.2, 0.25) is 5.91 Å². The number of rotatable bonds is 5. The normalized spacial score (nSPS) is 26.5. The predicted octanol–water partition coefficient (Wildman–Crippen LogP) is 2.73. The molecule has 1 N–H and O–H groups in total. The molecule has 5 heteroatoms. The van der Waals surface area contributed by atoms with Crippen LogP contribution < -0.4 is 4.74 Å². The Hall–Kier alpha value is -2.04. The molecule has 0 radical (unpaired) electrons. The van der Waals surface area contributed by atoms with Crippen molar-refractivity contribution in [1.82, 2.24) is 4.90 Å². The first kappa shape index (κ1) is 16.8. The number of amides is 1. The lowest BCUT2D eigenvalue weighted by molar-refractivity contribution is -0.141. The second-order valence-corrected chi connectivity index (χ2v) is 6.89. The quantitative estimate of drug-likeness (QED) is 0.901. The Labute approximate surface area is 142 Å². The van der Waals surface area contributed by atoms with Crippen molar-refractivity contribution < 1.29 is 19.4 Å². The number of ether oxygens (including phenoxy) is 1. The Morgan fingerprint density at radius 1 is 1.21 bits per heavy atom. The number of nitrogens with zero attached hydrogens (tertiary/aromatic N) is 1. The van der Waals surface area contributed by atoms with Crippen LogP contribution in [-0.4, -0.2) is 41.6 Å². The van der Waals surface area contributed by atoms with Crippen molar-refractivity contribution in [2.24, 2.45) is 11.8 Å². The number of carbonyl (C=O) groups excluding carboxylic acids is 1. The zero-order valence-electron chi connectivity index (χ0n) is 14.1. The van der Waals surface area contributed by atoms with E-state index in [0.717, 1.165) is 37.1 Å². The van der Waals surface area contributed by atoms with Crippen molar-refractivity contribution in [1.29, 1.82) is 0 Å². The first-order valence-corrected chi connectivity index (χ1v) is 8.75. The van der Waals surface area contributed by atoms with E-state index in [2.05, 4.69) is 6.07 Å². The third-order valence-electron chi connectivity index (χ3n) is 5.44. The van der Waals surface area contributed by atoms with Crippen LogP contribution in [0.25, 0.3) is 0 Å². The molecular formula is C19H25NO4. The minimum absolute atomic E-state index is 0.121. The molecule has 2 fully saturated rings. The summed E-state index contributed by atoms with van der Waals surface area (Å²) in [6, 6.07) is 8.14. The van der Waals surface area contributed by atoms with Gasteiger partial charge in [-0.3, -0.25) is 9.59 Å². The van der Waals surface area contributed by atoms with Gasteiger partial charge in [-0.25, -0.2) is 0 Å². The predicted molar refractivity (Wildman–Crippen MR) is 89.9 cm³/mol. The van der Waals surface area contributed by atoms with Gasteiger partial charge in [0.05, 0.1) is 13.0 Å². The Morgan fingerprint density at radius 2 is 1.96 bits per heavy atom. The van der Waals surface area contributed by atoms with Crippen molar-refractivity contribution in [3.63, 3.8) is 0 Å². The molecule has 1 saturated heterocycles. The van der Waals surface area contributed by atoms with Gasteiger partial charge in [0.25, 0.3) is 0 Å². The average Bonchev–Trinajstić information content (AvgIpc) is 3.24. The molecule has 3 rings (SSSR count). The van der Waals surface area contributed by atoms with Crippen molar-refractivity contribution >= 4 is 11.9 Å². The number of hydrogen-bond donors (Lipinski definition) is 1. The fourth-order valence-corrected chi connectivity index (χ4v) is 4.13. The third-order valence-corrected chi connectivity index (χ3v) is 5.44. The first-order valence-electron chi connectivity index (χ1n) is 8.75. The number of para-hydroxylation sites is 1. The number of aliphatic carboxylic acids is 1. The number of methoxy groups -OCH3 is 1. The van der Waals surface area contributed by atoms with Gasteiger partial charge in [-0.2, -0.15) is 0 Å². The molecule has 1 heterocycles. The highest BCUT2D eigenvalue weighted by Crippen LogP contribution is 2.35. The maximum atomic E-state index is 12.9. The zero-order chi connectivity index (χ0) is 17.1. The van der Waals surface area contributed by atoms with Gasteiger partial charge in [0, 0.05) is 18.5 Å². The molecule has 1 aromatic carbocycles. The van der Waals surface area contributed by atoms with Crippen molar-refractivity contribution in [3.05, 3.63) is 29.8 Å². The SMILES string of the molecule is COc1ccccc1CC1CCCN1C(=O)[C@@H]1CC[C@H](C(=O)O)C1. The standard InChI is InChI=1S/C19H25NO4/c1-24-17-7-3-2-5-13(17)12-16-6-4-10-20(16)18(21)14-8-9-15(11-14)19(22)23/h2-3,5,7,14-16H,4,6,8-12H2,1H3,(H,22,23)/t14-,15+,16?/m1/s1. The smallest absolute Gasteiger partial charge is 0.306 e. The molecular weight excluding hydrogens is 306 g/mol. The van der Waals surface area contributed by atoms with E-state index in [0.29, 0.717) is 19.3 Å². The van der Waals surface area contributed by atoms with Crippen LogP contribution in [0.1, 0.15) is 37.7 Å². The lowest BCUT2D eigenvalue weighted by atomic mass is 10.00.